The minimum atomic E-state index is -0.355. The zero-order valence-electron chi connectivity index (χ0n) is 24.0. The monoisotopic (exact) mass is 551 g/mol. The lowest BCUT2D eigenvalue weighted by molar-refractivity contribution is -0.133. The van der Waals surface area contributed by atoms with Crippen molar-refractivity contribution in [3.63, 3.8) is 0 Å². The molecule has 6 heteroatoms. The van der Waals surface area contributed by atoms with Gasteiger partial charge in [-0.1, -0.05) is 48.5 Å². The number of halogens is 1. The van der Waals surface area contributed by atoms with Crippen molar-refractivity contribution in [3.05, 3.63) is 113 Å². The highest BCUT2D eigenvalue weighted by molar-refractivity contribution is 5.89. The van der Waals surface area contributed by atoms with E-state index in [1.165, 1.54) is 12.1 Å². The van der Waals surface area contributed by atoms with Crippen LogP contribution in [0.4, 0.5) is 10.1 Å². The molecular formula is C35H34FNO4. The Balaban J connectivity index is 1.56. The average Bonchev–Trinajstić information content (AvgIpc) is 2.93. The molecule has 0 spiro atoms. The number of aryl methyl sites for hydroxylation is 1. The molecule has 0 radical (unpaired) electrons. The Labute approximate surface area is 240 Å². The maximum absolute atomic E-state index is 14.1. The third-order valence-electron chi connectivity index (χ3n) is 7.15. The molecule has 4 aromatic carbocycles. The Morgan fingerprint density at radius 1 is 0.902 bits per heavy atom. The number of anilines is 1. The Hall–Kier alpha value is -4.58. The van der Waals surface area contributed by atoms with Gasteiger partial charge >= 0.3 is 5.97 Å². The second-order valence-corrected chi connectivity index (χ2v) is 10.9. The number of hydrogen-bond donors (Lipinski definition) is 1. The first kappa shape index (κ1) is 28.0. The van der Waals surface area contributed by atoms with Crippen LogP contribution in [0.5, 0.6) is 17.2 Å². The first-order valence-electron chi connectivity index (χ1n) is 13.6. The number of esters is 1. The van der Waals surface area contributed by atoms with E-state index in [1.54, 1.807) is 25.3 Å². The molecule has 4 aromatic rings. The molecule has 5 rings (SSSR count). The van der Waals surface area contributed by atoms with E-state index in [0.29, 0.717) is 17.2 Å². The molecule has 1 heterocycles. The van der Waals surface area contributed by atoms with E-state index in [2.05, 4.69) is 32.2 Å². The summed E-state index contributed by atoms with van der Waals surface area (Å²) in [6, 6.07) is 23.4. The van der Waals surface area contributed by atoms with Crippen molar-refractivity contribution >= 4 is 17.2 Å². The van der Waals surface area contributed by atoms with Crippen molar-refractivity contribution < 1.29 is 23.4 Å². The normalized spacial score (nSPS) is 13.5. The van der Waals surface area contributed by atoms with Gasteiger partial charge in [0.05, 0.1) is 19.1 Å². The highest BCUT2D eigenvalue weighted by Crippen LogP contribution is 2.43. The highest BCUT2D eigenvalue weighted by atomic mass is 19.1. The zero-order chi connectivity index (χ0) is 29.1. The third-order valence-corrected chi connectivity index (χ3v) is 7.15. The minimum absolute atomic E-state index is 0.165. The van der Waals surface area contributed by atoms with E-state index in [1.807, 2.05) is 55.5 Å². The van der Waals surface area contributed by atoms with Crippen molar-refractivity contribution in [1.82, 2.24) is 0 Å². The molecule has 41 heavy (non-hydrogen) atoms. The summed E-state index contributed by atoms with van der Waals surface area (Å²) in [6.45, 7) is 8.41. The number of benzene rings is 4. The molecule has 1 aliphatic rings. The van der Waals surface area contributed by atoms with E-state index < -0.39 is 0 Å². The van der Waals surface area contributed by atoms with Gasteiger partial charge in [-0.3, -0.25) is 4.79 Å². The molecule has 0 saturated carbocycles. The van der Waals surface area contributed by atoms with Gasteiger partial charge in [0.25, 0.3) is 0 Å². The summed E-state index contributed by atoms with van der Waals surface area (Å²) in [5.41, 5.74) is 7.14. The Bertz CT molecular complexity index is 1630. The van der Waals surface area contributed by atoms with Gasteiger partial charge in [0.2, 0.25) is 0 Å². The lowest BCUT2D eigenvalue weighted by Crippen LogP contribution is -2.32. The lowest BCUT2D eigenvalue weighted by Gasteiger charge is -2.33. The van der Waals surface area contributed by atoms with E-state index in [-0.39, 0.29) is 30.4 Å². The lowest BCUT2D eigenvalue weighted by atomic mass is 9.85. The SMILES string of the molecule is COc1ccc(OC(=O)Cc2ccccc2)cc1-c1ccc2c(c1COc1cc(F)ccc1C)C(C)=CC(C)(C)N2. The average molecular weight is 552 g/mol. The number of fused-ring (bicyclic) bond motifs is 1. The summed E-state index contributed by atoms with van der Waals surface area (Å²) in [5.74, 6) is 0.815. The van der Waals surface area contributed by atoms with Crippen LogP contribution >= 0.6 is 0 Å². The molecule has 0 aliphatic carbocycles. The van der Waals surface area contributed by atoms with Crippen LogP contribution in [0.3, 0.4) is 0 Å². The Kier molecular flexibility index (Phi) is 7.84. The number of carbonyl (C=O) groups is 1. The number of allylic oxidation sites excluding steroid dienone is 1. The standard InChI is InChI=1S/C35H34FNO4/c1-22-11-12-25(36)18-32(22)40-21-29-27(14-15-30-34(29)23(2)20-35(3,4)37-30)28-19-26(13-16-31(28)39-5)41-33(38)17-24-9-7-6-8-10-24/h6-16,18-20,37H,17,21H2,1-5H3. The van der Waals surface area contributed by atoms with Gasteiger partial charge < -0.3 is 19.5 Å². The molecule has 0 aromatic heterocycles. The maximum Gasteiger partial charge on any atom is 0.315 e. The zero-order valence-corrected chi connectivity index (χ0v) is 24.0. The molecule has 0 unspecified atom stereocenters. The second-order valence-electron chi connectivity index (χ2n) is 10.9. The summed E-state index contributed by atoms with van der Waals surface area (Å²) in [7, 11) is 1.61. The predicted molar refractivity (Wildman–Crippen MR) is 161 cm³/mol. The van der Waals surface area contributed by atoms with Crippen LogP contribution in [-0.2, 0) is 17.8 Å². The summed E-state index contributed by atoms with van der Waals surface area (Å²) in [4.78, 5) is 12.7. The van der Waals surface area contributed by atoms with Crippen LogP contribution in [0.2, 0.25) is 0 Å². The third kappa shape index (κ3) is 6.27. The van der Waals surface area contributed by atoms with Crippen LogP contribution in [0, 0.1) is 12.7 Å². The van der Waals surface area contributed by atoms with Crippen LogP contribution in [0.1, 0.15) is 43.0 Å². The number of methoxy groups -OCH3 is 1. The van der Waals surface area contributed by atoms with Crippen molar-refractivity contribution in [2.24, 2.45) is 0 Å². The van der Waals surface area contributed by atoms with E-state index in [9.17, 15) is 9.18 Å². The van der Waals surface area contributed by atoms with Gasteiger partial charge in [0.1, 0.15) is 29.7 Å². The molecule has 0 atom stereocenters. The topological polar surface area (TPSA) is 56.8 Å². The summed E-state index contributed by atoms with van der Waals surface area (Å²) in [5, 5.41) is 3.60. The quantitative estimate of drug-likeness (QED) is 0.177. The number of rotatable bonds is 8. The highest BCUT2D eigenvalue weighted by Gasteiger charge is 2.27. The van der Waals surface area contributed by atoms with Gasteiger partial charge in [-0.05, 0) is 80.3 Å². The maximum atomic E-state index is 14.1. The molecule has 1 N–H and O–H groups in total. The molecule has 0 bridgehead atoms. The largest absolute Gasteiger partial charge is 0.496 e. The molecule has 0 amide bonds. The van der Waals surface area contributed by atoms with Crippen LogP contribution in [0.25, 0.3) is 16.7 Å². The summed E-state index contributed by atoms with van der Waals surface area (Å²) >= 11 is 0. The van der Waals surface area contributed by atoms with Crippen molar-refractivity contribution in [2.45, 2.75) is 46.3 Å². The van der Waals surface area contributed by atoms with Crippen LogP contribution < -0.4 is 19.5 Å². The van der Waals surface area contributed by atoms with Crippen LogP contribution in [-0.4, -0.2) is 18.6 Å². The molecule has 0 saturated heterocycles. The first-order valence-corrected chi connectivity index (χ1v) is 13.6. The van der Waals surface area contributed by atoms with E-state index in [0.717, 1.165) is 44.6 Å². The van der Waals surface area contributed by atoms with E-state index in [4.69, 9.17) is 14.2 Å². The predicted octanol–water partition coefficient (Wildman–Crippen LogP) is 8.14. The Morgan fingerprint density at radius 3 is 2.44 bits per heavy atom. The summed E-state index contributed by atoms with van der Waals surface area (Å²) in [6.07, 6.45) is 2.35. The van der Waals surface area contributed by atoms with Gasteiger partial charge in [-0.25, -0.2) is 4.39 Å². The fourth-order valence-electron chi connectivity index (χ4n) is 5.37. The molecule has 1 aliphatic heterocycles. The molecule has 0 fully saturated rings. The second kappa shape index (κ2) is 11.5. The van der Waals surface area contributed by atoms with Crippen LogP contribution in [0.15, 0.2) is 84.9 Å². The van der Waals surface area contributed by atoms with Crippen molar-refractivity contribution in [1.29, 1.82) is 0 Å². The van der Waals surface area contributed by atoms with E-state index >= 15 is 0 Å². The minimum Gasteiger partial charge on any atom is -0.496 e. The fourth-order valence-corrected chi connectivity index (χ4v) is 5.37. The van der Waals surface area contributed by atoms with Gasteiger partial charge in [0.15, 0.2) is 0 Å². The molecule has 5 nitrogen and oxygen atoms in total. The number of ether oxygens (including phenoxy) is 3. The van der Waals surface area contributed by atoms with Crippen molar-refractivity contribution in [2.75, 3.05) is 12.4 Å². The van der Waals surface area contributed by atoms with Gasteiger partial charge in [-0.15, -0.1) is 0 Å². The molecule has 210 valence electrons. The van der Waals surface area contributed by atoms with Gasteiger partial charge in [-0.2, -0.15) is 0 Å². The first-order chi connectivity index (χ1) is 19.6. The Morgan fingerprint density at radius 2 is 1.68 bits per heavy atom. The summed E-state index contributed by atoms with van der Waals surface area (Å²) < 4.78 is 31.8. The number of hydrogen-bond acceptors (Lipinski definition) is 5. The van der Waals surface area contributed by atoms with Gasteiger partial charge in [0, 0.05) is 28.4 Å². The van der Waals surface area contributed by atoms with Crippen molar-refractivity contribution in [3.8, 4) is 28.4 Å². The number of carbonyl (C=O) groups excluding carboxylic acids is 1. The fraction of sp³-hybridized carbons (Fsp3) is 0.229. The molecular weight excluding hydrogens is 517 g/mol. The number of nitrogens with one attached hydrogen (secondary N) is 1. The smallest absolute Gasteiger partial charge is 0.315 e.